The summed E-state index contributed by atoms with van der Waals surface area (Å²) in [5.74, 6) is -0.385. The Morgan fingerprint density at radius 2 is 2.37 bits per heavy atom. The number of anilines is 1. The van der Waals surface area contributed by atoms with E-state index in [1.54, 1.807) is 0 Å². The Balaban J connectivity index is 2.21. The summed E-state index contributed by atoms with van der Waals surface area (Å²) in [6.45, 7) is 0. The molecule has 0 aromatic heterocycles. The van der Waals surface area contributed by atoms with Gasteiger partial charge >= 0.3 is 5.97 Å². The van der Waals surface area contributed by atoms with E-state index in [1.165, 1.54) is 11.8 Å². The van der Waals surface area contributed by atoms with Crippen LogP contribution in [0.3, 0.4) is 0 Å². The predicted octanol–water partition coefficient (Wildman–Crippen LogP) is 2.95. The molecule has 19 heavy (non-hydrogen) atoms. The molecule has 2 N–H and O–H groups in total. The van der Waals surface area contributed by atoms with Crippen LogP contribution in [-0.2, 0) is 4.79 Å². The maximum Gasteiger partial charge on any atom is 0.305 e. The second-order valence-corrected chi connectivity index (χ2v) is 5.53. The van der Waals surface area contributed by atoms with Crippen molar-refractivity contribution in [2.24, 2.45) is 5.92 Å². The Bertz CT molecular complexity index is 521. The molecule has 5 heteroatoms. The van der Waals surface area contributed by atoms with Crippen LogP contribution >= 0.6 is 11.8 Å². The number of nitrogens with zero attached hydrogens (tertiary/aromatic N) is 1. The number of hydrogen-bond donors (Lipinski definition) is 2. The van der Waals surface area contributed by atoms with Gasteiger partial charge in [0.25, 0.3) is 0 Å². The van der Waals surface area contributed by atoms with Crippen LogP contribution in [0.4, 0.5) is 5.69 Å². The van der Waals surface area contributed by atoms with Crippen LogP contribution in [-0.4, -0.2) is 23.4 Å². The van der Waals surface area contributed by atoms with Crippen LogP contribution < -0.4 is 5.32 Å². The van der Waals surface area contributed by atoms with E-state index in [1.807, 2.05) is 24.5 Å². The van der Waals surface area contributed by atoms with E-state index in [9.17, 15) is 10.1 Å². The van der Waals surface area contributed by atoms with Crippen LogP contribution in [0.15, 0.2) is 23.1 Å². The molecule has 4 nitrogen and oxygen atoms in total. The van der Waals surface area contributed by atoms with Gasteiger partial charge in [0.2, 0.25) is 0 Å². The van der Waals surface area contributed by atoms with E-state index in [0.717, 1.165) is 23.4 Å². The molecule has 0 spiro atoms. The van der Waals surface area contributed by atoms with E-state index >= 15 is 0 Å². The quantitative estimate of drug-likeness (QED) is 0.781. The van der Waals surface area contributed by atoms with Crippen molar-refractivity contribution in [3.05, 3.63) is 23.8 Å². The Labute approximate surface area is 116 Å². The number of nitriles is 1. The molecule has 1 aliphatic carbocycles. The van der Waals surface area contributed by atoms with Gasteiger partial charge in [-0.1, -0.05) is 6.07 Å². The van der Waals surface area contributed by atoms with Crippen LogP contribution in [0.25, 0.3) is 0 Å². The first-order valence-corrected chi connectivity index (χ1v) is 7.43. The largest absolute Gasteiger partial charge is 0.481 e. The maximum absolute atomic E-state index is 10.9. The van der Waals surface area contributed by atoms with E-state index in [0.29, 0.717) is 11.5 Å². The minimum Gasteiger partial charge on any atom is -0.481 e. The highest BCUT2D eigenvalue weighted by Gasteiger charge is 2.33. The van der Waals surface area contributed by atoms with Crippen molar-refractivity contribution in [1.82, 2.24) is 0 Å². The number of rotatable bonds is 6. The molecule has 1 saturated carbocycles. The lowest BCUT2D eigenvalue weighted by atomic mass is 10.1. The highest BCUT2D eigenvalue weighted by Crippen LogP contribution is 2.37. The van der Waals surface area contributed by atoms with Crippen molar-refractivity contribution in [3.63, 3.8) is 0 Å². The summed E-state index contributed by atoms with van der Waals surface area (Å²) in [6.07, 6.45) is 4.15. The second kappa shape index (κ2) is 5.98. The predicted molar refractivity (Wildman–Crippen MR) is 75.3 cm³/mol. The van der Waals surface area contributed by atoms with Crippen molar-refractivity contribution in [1.29, 1.82) is 5.26 Å². The van der Waals surface area contributed by atoms with Crippen molar-refractivity contribution in [2.45, 2.75) is 30.2 Å². The fraction of sp³-hybridized carbons (Fsp3) is 0.429. The highest BCUT2D eigenvalue weighted by molar-refractivity contribution is 7.98. The first-order chi connectivity index (χ1) is 9.15. The third-order valence-corrected chi connectivity index (χ3v) is 4.06. The van der Waals surface area contributed by atoms with Gasteiger partial charge in [-0.25, -0.2) is 0 Å². The SMILES string of the molecule is CSc1cccc(NC(CC(=O)O)C2CC2)c1C#N. The standard InChI is InChI=1S/C14H16N2O2S/c1-19-13-4-2-3-11(10(13)8-15)16-12(7-14(17)18)9-5-6-9/h2-4,9,12,16H,5-7H2,1H3,(H,17,18). The van der Waals surface area contributed by atoms with Crippen LogP contribution in [0.1, 0.15) is 24.8 Å². The van der Waals surface area contributed by atoms with E-state index in [4.69, 9.17) is 5.11 Å². The van der Waals surface area contributed by atoms with Gasteiger partial charge in [0.1, 0.15) is 6.07 Å². The summed E-state index contributed by atoms with van der Waals surface area (Å²) < 4.78 is 0. The summed E-state index contributed by atoms with van der Waals surface area (Å²) in [5.41, 5.74) is 1.35. The molecule has 1 unspecified atom stereocenters. The Morgan fingerprint density at radius 3 is 2.89 bits per heavy atom. The van der Waals surface area contributed by atoms with Gasteiger partial charge in [0, 0.05) is 10.9 Å². The molecule has 1 fully saturated rings. The third kappa shape index (κ3) is 3.42. The molecule has 2 rings (SSSR count). The second-order valence-electron chi connectivity index (χ2n) is 4.68. The Kier molecular flexibility index (Phi) is 4.33. The van der Waals surface area contributed by atoms with Crippen LogP contribution in [0.5, 0.6) is 0 Å². The van der Waals surface area contributed by atoms with Crippen LogP contribution in [0.2, 0.25) is 0 Å². The minimum absolute atomic E-state index is 0.0818. The van der Waals surface area contributed by atoms with Gasteiger partial charge in [-0.3, -0.25) is 4.79 Å². The number of carbonyl (C=O) groups is 1. The number of benzene rings is 1. The number of nitrogens with one attached hydrogen (secondary N) is 1. The molecule has 1 aromatic rings. The summed E-state index contributed by atoms with van der Waals surface area (Å²) >= 11 is 1.52. The lowest BCUT2D eigenvalue weighted by Gasteiger charge is -2.19. The van der Waals surface area contributed by atoms with Crippen molar-refractivity contribution < 1.29 is 9.90 Å². The number of hydrogen-bond acceptors (Lipinski definition) is 4. The van der Waals surface area contributed by atoms with Crippen molar-refractivity contribution in [2.75, 3.05) is 11.6 Å². The first kappa shape index (κ1) is 13.8. The minimum atomic E-state index is -0.802. The van der Waals surface area contributed by atoms with Gasteiger partial charge in [-0.15, -0.1) is 11.8 Å². The van der Waals surface area contributed by atoms with Gasteiger partial charge in [0.05, 0.1) is 17.7 Å². The fourth-order valence-electron chi connectivity index (χ4n) is 2.16. The zero-order valence-corrected chi connectivity index (χ0v) is 11.5. The molecular weight excluding hydrogens is 260 g/mol. The zero-order valence-electron chi connectivity index (χ0n) is 10.7. The average molecular weight is 276 g/mol. The van der Waals surface area contributed by atoms with Crippen molar-refractivity contribution in [3.8, 4) is 6.07 Å². The van der Waals surface area contributed by atoms with E-state index in [2.05, 4.69) is 11.4 Å². The Hall–Kier alpha value is -1.67. The molecule has 1 aliphatic rings. The molecule has 100 valence electrons. The van der Waals surface area contributed by atoms with Crippen molar-refractivity contribution >= 4 is 23.4 Å². The number of thioether (sulfide) groups is 1. The summed E-state index contributed by atoms with van der Waals surface area (Å²) in [5, 5.41) is 21.5. The first-order valence-electron chi connectivity index (χ1n) is 6.21. The molecule has 0 radical (unpaired) electrons. The van der Waals surface area contributed by atoms with Gasteiger partial charge in [-0.2, -0.15) is 5.26 Å². The number of carboxylic acids is 1. The normalized spacial score (nSPS) is 15.6. The molecule has 0 bridgehead atoms. The monoisotopic (exact) mass is 276 g/mol. The van der Waals surface area contributed by atoms with E-state index < -0.39 is 5.97 Å². The molecule has 0 amide bonds. The lowest BCUT2D eigenvalue weighted by Crippen LogP contribution is -2.25. The summed E-state index contributed by atoms with van der Waals surface area (Å²) in [6, 6.07) is 7.75. The molecule has 0 saturated heterocycles. The summed E-state index contributed by atoms with van der Waals surface area (Å²) in [7, 11) is 0. The van der Waals surface area contributed by atoms with E-state index in [-0.39, 0.29) is 12.5 Å². The molecule has 0 heterocycles. The molecule has 1 aromatic carbocycles. The number of carboxylic acid groups (broad SMARTS) is 1. The lowest BCUT2D eigenvalue weighted by molar-refractivity contribution is -0.137. The summed E-state index contributed by atoms with van der Waals surface area (Å²) in [4.78, 5) is 11.8. The fourth-order valence-corrected chi connectivity index (χ4v) is 2.73. The average Bonchev–Trinajstić information content (AvgIpc) is 3.21. The van der Waals surface area contributed by atoms with Crippen LogP contribution in [0, 0.1) is 17.2 Å². The molecule has 1 atom stereocenters. The highest BCUT2D eigenvalue weighted by atomic mass is 32.2. The topological polar surface area (TPSA) is 73.1 Å². The Morgan fingerprint density at radius 1 is 1.63 bits per heavy atom. The van der Waals surface area contributed by atoms with Gasteiger partial charge < -0.3 is 10.4 Å². The third-order valence-electron chi connectivity index (χ3n) is 3.28. The molecular formula is C14H16N2O2S. The van der Waals surface area contributed by atoms with Gasteiger partial charge in [-0.05, 0) is 37.1 Å². The zero-order chi connectivity index (χ0) is 13.8. The smallest absolute Gasteiger partial charge is 0.305 e. The molecule has 0 aliphatic heterocycles. The van der Waals surface area contributed by atoms with Gasteiger partial charge in [0.15, 0.2) is 0 Å². The maximum atomic E-state index is 10.9. The number of aliphatic carboxylic acids is 1.